The van der Waals surface area contributed by atoms with Crippen LogP contribution < -0.4 is 0 Å². The zero-order valence-electron chi connectivity index (χ0n) is 12.3. The summed E-state index contributed by atoms with van der Waals surface area (Å²) in [5, 5.41) is 0. The van der Waals surface area contributed by atoms with Crippen LogP contribution in [0.5, 0.6) is 0 Å². The van der Waals surface area contributed by atoms with Crippen LogP contribution >= 0.6 is 0 Å². The van der Waals surface area contributed by atoms with E-state index in [1.807, 2.05) is 0 Å². The van der Waals surface area contributed by atoms with Crippen LogP contribution in [0.3, 0.4) is 0 Å². The van der Waals surface area contributed by atoms with Crippen molar-refractivity contribution in [3.63, 3.8) is 0 Å². The molecule has 1 fully saturated rings. The van der Waals surface area contributed by atoms with Crippen molar-refractivity contribution < 1.29 is 4.79 Å². The Labute approximate surface area is 119 Å². The summed E-state index contributed by atoms with van der Waals surface area (Å²) in [6.07, 6.45) is 5.43. The number of hydrogen-bond donors (Lipinski definition) is 1. The number of aromatic amines is 1. The molecule has 1 aromatic heterocycles. The first-order valence-electron chi connectivity index (χ1n) is 7.57. The number of H-pyrrole nitrogens is 1. The average Bonchev–Trinajstić information content (AvgIpc) is 2.80. The smallest absolute Gasteiger partial charge is 0.132 e. The molecule has 0 bridgehead atoms. The maximum absolute atomic E-state index is 11.4. The number of benzene rings is 1. The molecule has 1 N–H and O–H groups in total. The van der Waals surface area contributed by atoms with Gasteiger partial charge in [-0.05, 0) is 63.1 Å². The second-order valence-corrected chi connectivity index (χ2v) is 6.24. The summed E-state index contributed by atoms with van der Waals surface area (Å²) in [4.78, 5) is 19.5. The quantitative estimate of drug-likeness (QED) is 0.921. The summed E-state index contributed by atoms with van der Waals surface area (Å²) >= 11 is 0. The standard InChI is InChI=1S/C17H22N2O/c1-11-3-8-15-16(9-11)19-17(18-15)10-13-4-6-14(7-5-13)12(2)20/h3,8-9,13-14H,4-7,10H2,1-2H3,(H,18,19). The van der Waals surface area contributed by atoms with Crippen LogP contribution in [0.15, 0.2) is 18.2 Å². The van der Waals surface area contributed by atoms with Gasteiger partial charge in [0, 0.05) is 12.3 Å². The van der Waals surface area contributed by atoms with Gasteiger partial charge in [-0.3, -0.25) is 4.79 Å². The van der Waals surface area contributed by atoms with Crippen LogP contribution in [-0.2, 0) is 11.2 Å². The minimum atomic E-state index is 0.310. The highest BCUT2D eigenvalue weighted by atomic mass is 16.1. The second kappa shape index (κ2) is 5.39. The van der Waals surface area contributed by atoms with E-state index in [1.165, 1.54) is 5.56 Å². The van der Waals surface area contributed by atoms with Crippen molar-refractivity contribution in [3.05, 3.63) is 29.6 Å². The van der Waals surface area contributed by atoms with Crippen molar-refractivity contribution in [2.45, 2.75) is 46.0 Å². The van der Waals surface area contributed by atoms with Gasteiger partial charge in [-0.25, -0.2) is 4.98 Å². The largest absolute Gasteiger partial charge is 0.342 e. The second-order valence-electron chi connectivity index (χ2n) is 6.24. The van der Waals surface area contributed by atoms with E-state index in [9.17, 15) is 4.79 Å². The first-order chi connectivity index (χ1) is 9.61. The van der Waals surface area contributed by atoms with E-state index in [4.69, 9.17) is 0 Å². The Morgan fingerprint density at radius 2 is 2.05 bits per heavy atom. The van der Waals surface area contributed by atoms with E-state index in [0.717, 1.165) is 49.0 Å². The molecule has 3 rings (SSSR count). The molecule has 0 aliphatic heterocycles. The number of nitrogens with one attached hydrogen (secondary N) is 1. The maximum Gasteiger partial charge on any atom is 0.132 e. The van der Waals surface area contributed by atoms with Crippen molar-refractivity contribution in [2.24, 2.45) is 11.8 Å². The van der Waals surface area contributed by atoms with Gasteiger partial charge in [-0.1, -0.05) is 6.07 Å². The van der Waals surface area contributed by atoms with E-state index in [1.54, 1.807) is 6.92 Å². The molecule has 0 unspecified atom stereocenters. The summed E-state index contributed by atoms with van der Waals surface area (Å²) in [6.45, 7) is 3.83. The molecule has 0 atom stereocenters. The summed E-state index contributed by atoms with van der Waals surface area (Å²) in [7, 11) is 0. The molecule has 3 heteroatoms. The number of rotatable bonds is 3. The molecule has 3 nitrogen and oxygen atoms in total. The lowest BCUT2D eigenvalue weighted by Crippen LogP contribution is -2.21. The predicted molar refractivity (Wildman–Crippen MR) is 80.7 cm³/mol. The lowest BCUT2D eigenvalue weighted by molar-refractivity contribution is -0.121. The molecule has 1 saturated carbocycles. The lowest BCUT2D eigenvalue weighted by atomic mass is 9.79. The van der Waals surface area contributed by atoms with Gasteiger partial charge >= 0.3 is 0 Å². The van der Waals surface area contributed by atoms with Crippen molar-refractivity contribution >= 4 is 16.8 Å². The monoisotopic (exact) mass is 270 g/mol. The number of aryl methyl sites for hydroxylation is 1. The van der Waals surface area contributed by atoms with Gasteiger partial charge in [-0.2, -0.15) is 0 Å². The Hall–Kier alpha value is -1.64. The SMILES string of the molecule is CC(=O)C1CCC(Cc2nc3ccc(C)cc3[nH]2)CC1. The molecular weight excluding hydrogens is 248 g/mol. The Kier molecular flexibility index (Phi) is 3.60. The van der Waals surface area contributed by atoms with E-state index in [2.05, 4.69) is 35.1 Å². The number of carbonyl (C=O) groups excluding carboxylic acids is 1. The number of fused-ring (bicyclic) bond motifs is 1. The number of nitrogens with zero attached hydrogens (tertiary/aromatic N) is 1. The first kappa shape index (κ1) is 13.3. The number of ketones is 1. The summed E-state index contributed by atoms with van der Waals surface area (Å²) in [6, 6.07) is 6.33. The molecule has 1 aromatic carbocycles. The number of Topliss-reactive ketones (excluding diaryl/α,β-unsaturated/α-hetero) is 1. The highest BCUT2D eigenvalue weighted by Crippen LogP contribution is 2.31. The highest BCUT2D eigenvalue weighted by Gasteiger charge is 2.24. The van der Waals surface area contributed by atoms with Gasteiger partial charge in [0.05, 0.1) is 11.0 Å². The predicted octanol–water partition coefficient (Wildman–Crippen LogP) is 3.81. The Morgan fingerprint density at radius 3 is 2.75 bits per heavy atom. The molecule has 20 heavy (non-hydrogen) atoms. The van der Waals surface area contributed by atoms with E-state index < -0.39 is 0 Å². The third kappa shape index (κ3) is 2.77. The Balaban J connectivity index is 1.66. The van der Waals surface area contributed by atoms with Gasteiger partial charge in [0.15, 0.2) is 0 Å². The molecular formula is C17H22N2O. The third-order valence-electron chi connectivity index (χ3n) is 4.59. The van der Waals surface area contributed by atoms with Crippen LogP contribution in [-0.4, -0.2) is 15.8 Å². The third-order valence-corrected chi connectivity index (χ3v) is 4.59. The van der Waals surface area contributed by atoms with Gasteiger partial charge in [-0.15, -0.1) is 0 Å². The minimum Gasteiger partial charge on any atom is -0.342 e. The van der Waals surface area contributed by atoms with E-state index in [0.29, 0.717) is 17.6 Å². The molecule has 1 aliphatic rings. The molecule has 0 amide bonds. The Bertz CT molecular complexity index is 621. The van der Waals surface area contributed by atoms with Crippen molar-refractivity contribution in [1.82, 2.24) is 9.97 Å². The van der Waals surface area contributed by atoms with Crippen molar-refractivity contribution in [2.75, 3.05) is 0 Å². The number of aromatic nitrogens is 2. The topological polar surface area (TPSA) is 45.8 Å². The van der Waals surface area contributed by atoms with Gasteiger partial charge in [0.25, 0.3) is 0 Å². The zero-order valence-corrected chi connectivity index (χ0v) is 12.3. The highest BCUT2D eigenvalue weighted by molar-refractivity contribution is 5.78. The maximum atomic E-state index is 11.4. The molecule has 1 aliphatic carbocycles. The molecule has 0 radical (unpaired) electrons. The van der Waals surface area contributed by atoms with Gasteiger partial charge in [0.2, 0.25) is 0 Å². The van der Waals surface area contributed by atoms with E-state index >= 15 is 0 Å². The molecule has 0 saturated heterocycles. The summed E-state index contributed by atoms with van der Waals surface area (Å²) in [5.74, 6) is 2.44. The normalized spacial score (nSPS) is 23.1. The summed E-state index contributed by atoms with van der Waals surface area (Å²) in [5.41, 5.74) is 3.45. The Morgan fingerprint density at radius 1 is 1.30 bits per heavy atom. The fraction of sp³-hybridized carbons (Fsp3) is 0.529. The van der Waals surface area contributed by atoms with Crippen LogP contribution in [0, 0.1) is 18.8 Å². The molecule has 1 heterocycles. The number of hydrogen-bond acceptors (Lipinski definition) is 2. The number of carbonyl (C=O) groups is 1. The fourth-order valence-electron chi connectivity index (χ4n) is 3.32. The average molecular weight is 270 g/mol. The van der Waals surface area contributed by atoms with Crippen LogP contribution in [0.2, 0.25) is 0 Å². The van der Waals surface area contributed by atoms with Crippen molar-refractivity contribution in [1.29, 1.82) is 0 Å². The van der Waals surface area contributed by atoms with Crippen LogP contribution in [0.25, 0.3) is 11.0 Å². The molecule has 2 aromatic rings. The number of imidazole rings is 1. The van der Waals surface area contributed by atoms with Crippen LogP contribution in [0.4, 0.5) is 0 Å². The van der Waals surface area contributed by atoms with Gasteiger partial charge in [0.1, 0.15) is 11.6 Å². The van der Waals surface area contributed by atoms with Gasteiger partial charge < -0.3 is 4.98 Å². The first-order valence-corrected chi connectivity index (χ1v) is 7.57. The minimum absolute atomic E-state index is 0.310. The van der Waals surface area contributed by atoms with Crippen LogP contribution in [0.1, 0.15) is 44.0 Å². The van der Waals surface area contributed by atoms with E-state index in [-0.39, 0.29) is 0 Å². The molecule has 0 spiro atoms. The molecule has 106 valence electrons. The van der Waals surface area contributed by atoms with Crippen molar-refractivity contribution in [3.8, 4) is 0 Å². The lowest BCUT2D eigenvalue weighted by Gasteiger charge is -2.26. The summed E-state index contributed by atoms with van der Waals surface area (Å²) < 4.78 is 0. The zero-order chi connectivity index (χ0) is 14.1. The fourth-order valence-corrected chi connectivity index (χ4v) is 3.32.